The van der Waals surface area contributed by atoms with E-state index in [0.29, 0.717) is 18.4 Å². The minimum Gasteiger partial charge on any atom is -0.465 e. The van der Waals surface area contributed by atoms with Crippen LogP contribution in [-0.2, 0) is 27.6 Å². The van der Waals surface area contributed by atoms with E-state index in [2.05, 4.69) is 9.46 Å². The lowest BCUT2D eigenvalue weighted by Crippen LogP contribution is -2.39. The fourth-order valence-corrected chi connectivity index (χ4v) is 3.22. The first-order valence-electron chi connectivity index (χ1n) is 6.54. The number of hydrogen-bond donors (Lipinski definition) is 1. The molecule has 1 aromatic rings. The SMILES string of the molecule is COC(=O)c1ccc2c(c1)C[C@H](NS(=O)(=O)C(C)C)C2. The largest absolute Gasteiger partial charge is 0.465 e. The Morgan fingerprint density at radius 1 is 1.30 bits per heavy atom. The third kappa shape index (κ3) is 3.02. The van der Waals surface area contributed by atoms with E-state index in [9.17, 15) is 13.2 Å². The lowest BCUT2D eigenvalue weighted by Gasteiger charge is -2.14. The summed E-state index contributed by atoms with van der Waals surface area (Å²) in [5.74, 6) is -0.376. The predicted octanol–water partition coefficient (Wildman–Crippen LogP) is 1.27. The Morgan fingerprint density at radius 2 is 1.95 bits per heavy atom. The number of hydrogen-bond acceptors (Lipinski definition) is 4. The molecule has 0 heterocycles. The van der Waals surface area contributed by atoms with Gasteiger partial charge in [0.25, 0.3) is 0 Å². The second kappa shape index (κ2) is 5.54. The Kier molecular flexibility index (Phi) is 4.15. The van der Waals surface area contributed by atoms with Crippen LogP contribution in [0.25, 0.3) is 0 Å². The van der Waals surface area contributed by atoms with E-state index >= 15 is 0 Å². The van der Waals surface area contributed by atoms with Gasteiger partial charge in [0.05, 0.1) is 17.9 Å². The zero-order valence-corrected chi connectivity index (χ0v) is 12.7. The van der Waals surface area contributed by atoms with Crippen molar-refractivity contribution in [2.24, 2.45) is 0 Å². The molecule has 20 heavy (non-hydrogen) atoms. The second-order valence-electron chi connectivity index (χ2n) is 5.29. The average molecular weight is 297 g/mol. The lowest BCUT2D eigenvalue weighted by molar-refractivity contribution is 0.0600. The number of carbonyl (C=O) groups is 1. The standard InChI is InChI=1S/C14H19NO4S/c1-9(2)20(17,18)15-13-7-10-4-5-11(14(16)19-3)6-12(10)8-13/h4-6,9,13,15H,7-8H2,1-3H3/t13-/m1/s1. The number of sulfonamides is 1. The van der Waals surface area contributed by atoms with Crippen LogP contribution in [0.15, 0.2) is 18.2 Å². The summed E-state index contributed by atoms with van der Waals surface area (Å²) in [4.78, 5) is 11.5. The Labute approximate surface area is 119 Å². The van der Waals surface area contributed by atoms with Gasteiger partial charge in [0.1, 0.15) is 0 Å². The van der Waals surface area contributed by atoms with E-state index in [1.807, 2.05) is 6.07 Å². The third-order valence-electron chi connectivity index (χ3n) is 3.51. The molecule has 1 aromatic carbocycles. The second-order valence-corrected chi connectivity index (χ2v) is 7.56. The summed E-state index contributed by atoms with van der Waals surface area (Å²) in [5, 5.41) is -0.447. The number of fused-ring (bicyclic) bond motifs is 1. The number of ether oxygens (including phenoxy) is 1. The van der Waals surface area contributed by atoms with E-state index in [4.69, 9.17) is 0 Å². The molecular formula is C14H19NO4S. The predicted molar refractivity (Wildman–Crippen MR) is 76.2 cm³/mol. The van der Waals surface area contributed by atoms with Crippen molar-refractivity contribution in [3.05, 3.63) is 34.9 Å². The van der Waals surface area contributed by atoms with Crippen molar-refractivity contribution in [2.75, 3.05) is 7.11 Å². The van der Waals surface area contributed by atoms with E-state index in [1.54, 1.807) is 26.0 Å². The molecule has 0 spiro atoms. The molecule has 0 unspecified atom stereocenters. The molecule has 0 amide bonds. The number of nitrogens with one attached hydrogen (secondary N) is 1. The van der Waals surface area contributed by atoms with Crippen molar-refractivity contribution in [3.8, 4) is 0 Å². The van der Waals surface area contributed by atoms with Gasteiger partial charge < -0.3 is 4.74 Å². The van der Waals surface area contributed by atoms with Crippen molar-refractivity contribution in [3.63, 3.8) is 0 Å². The van der Waals surface area contributed by atoms with Gasteiger partial charge in [-0.25, -0.2) is 17.9 Å². The highest BCUT2D eigenvalue weighted by Crippen LogP contribution is 2.24. The van der Waals surface area contributed by atoms with Gasteiger partial charge in [-0.05, 0) is 49.9 Å². The van der Waals surface area contributed by atoms with E-state index in [0.717, 1.165) is 11.1 Å². The van der Waals surface area contributed by atoms with Crippen molar-refractivity contribution < 1.29 is 17.9 Å². The molecule has 0 bridgehead atoms. The van der Waals surface area contributed by atoms with Crippen molar-refractivity contribution in [1.82, 2.24) is 4.72 Å². The number of methoxy groups -OCH3 is 1. The average Bonchev–Trinajstić information content (AvgIpc) is 2.77. The van der Waals surface area contributed by atoms with E-state index in [-0.39, 0.29) is 12.0 Å². The summed E-state index contributed by atoms with van der Waals surface area (Å²) in [6.45, 7) is 3.31. The van der Waals surface area contributed by atoms with Gasteiger partial charge in [0.15, 0.2) is 0 Å². The molecule has 0 fully saturated rings. The van der Waals surface area contributed by atoms with Crippen molar-refractivity contribution in [1.29, 1.82) is 0 Å². The molecule has 0 aromatic heterocycles. The Balaban J connectivity index is 2.14. The molecule has 1 aliphatic rings. The maximum atomic E-state index is 11.9. The highest BCUT2D eigenvalue weighted by atomic mass is 32.2. The zero-order chi connectivity index (χ0) is 14.9. The van der Waals surface area contributed by atoms with Crippen LogP contribution >= 0.6 is 0 Å². The Bertz CT molecular complexity index is 622. The van der Waals surface area contributed by atoms with Crippen LogP contribution in [0, 0.1) is 0 Å². The van der Waals surface area contributed by atoms with Crippen molar-refractivity contribution >= 4 is 16.0 Å². The molecule has 0 radical (unpaired) electrons. The Morgan fingerprint density at radius 3 is 2.55 bits per heavy atom. The fraction of sp³-hybridized carbons (Fsp3) is 0.500. The minimum absolute atomic E-state index is 0.134. The van der Waals surface area contributed by atoms with E-state index in [1.165, 1.54) is 7.11 Å². The molecule has 6 heteroatoms. The van der Waals surface area contributed by atoms with Gasteiger partial charge in [-0.3, -0.25) is 0 Å². The Hall–Kier alpha value is -1.40. The molecule has 0 saturated carbocycles. The topological polar surface area (TPSA) is 72.5 Å². The summed E-state index contributed by atoms with van der Waals surface area (Å²) in [6, 6.07) is 5.23. The van der Waals surface area contributed by atoms with Crippen LogP contribution in [0.5, 0.6) is 0 Å². The molecule has 0 aliphatic heterocycles. The van der Waals surface area contributed by atoms with Gasteiger partial charge in [0, 0.05) is 6.04 Å². The van der Waals surface area contributed by atoms with Crippen molar-refractivity contribution in [2.45, 2.75) is 38.0 Å². The van der Waals surface area contributed by atoms with Crippen LogP contribution in [0.4, 0.5) is 0 Å². The van der Waals surface area contributed by atoms with Crippen LogP contribution in [0.1, 0.15) is 35.3 Å². The molecule has 5 nitrogen and oxygen atoms in total. The fourth-order valence-electron chi connectivity index (χ4n) is 2.31. The van der Waals surface area contributed by atoms with Crippen LogP contribution in [0.3, 0.4) is 0 Å². The van der Waals surface area contributed by atoms with Crippen LogP contribution in [-0.4, -0.2) is 32.8 Å². The zero-order valence-electron chi connectivity index (χ0n) is 11.8. The smallest absolute Gasteiger partial charge is 0.337 e. The third-order valence-corrected chi connectivity index (χ3v) is 5.41. The number of benzene rings is 1. The summed E-state index contributed by atoms with van der Waals surface area (Å²) >= 11 is 0. The monoisotopic (exact) mass is 297 g/mol. The normalized spacial score (nSPS) is 18.1. The van der Waals surface area contributed by atoms with Gasteiger partial charge >= 0.3 is 5.97 Å². The molecule has 1 atom stereocenters. The molecule has 2 rings (SSSR count). The van der Waals surface area contributed by atoms with Gasteiger partial charge in [0.2, 0.25) is 10.0 Å². The first-order valence-corrected chi connectivity index (χ1v) is 8.09. The number of rotatable bonds is 4. The van der Waals surface area contributed by atoms with E-state index < -0.39 is 15.3 Å². The minimum atomic E-state index is -3.27. The molecular weight excluding hydrogens is 278 g/mol. The molecule has 1 N–H and O–H groups in total. The number of carbonyl (C=O) groups excluding carboxylic acids is 1. The quantitative estimate of drug-likeness (QED) is 0.849. The van der Waals surface area contributed by atoms with Crippen LogP contribution < -0.4 is 4.72 Å². The maximum Gasteiger partial charge on any atom is 0.337 e. The summed E-state index contributed by atoms with van der Waals surface area (Å²) in [7, 11) is -1.93. The van der Waals surface area contributed by atoms with Gasteiger partial charge in [-0.15, -0.1) is 0 Å². The molecule has 0 saturated heterocycles. The van der Waals surface area contributed by atoms with Crippen LogP contribution in [0.2, 0.25) is 0 Å². The lowest BCUT2D eigenvalue weighted by atomic mass is 10.1. The number of esters is 1. The summed E-state index contributed by atoms with van der Waals surface area (Å²) < 4.78 is 31.2. The van der Waals surface area contributed by atoms with Gasteiger partial charge in [-0.1, -0.05) is 6.07 Å². The maximum absolute atomic E-state index is 11.9. The summed E-state index contributed by atoms with van der Waals surface area (Å²) in [6.07, 6.45) is 1.26. The first kappa shape index (κ1) is 15.0. The summed E-state index contributed by atoms with van der Waals surface area (Å²) in [5.41, 5.74) is 2.58. The first-order chi connectivity index (χ1) is 9.33. The van der Waals surface area contributed by atoms with Gasteiger partial charge in [-0.2, -0.15) is 0 Å². The highest BCUT2D eigenvalue weighted by Gasteiger charge is 2.27. The molecule has 110 valence electrons. The highest BCUT2D eigenvalue weighted by molar-refractivity contribution is 7.90. The molecule has 1 aliphatic carbocycles.